The monoisotopic (exact) mass is 349 g/mol. The summed E-state index contributed by atoms with van der Waals surface area (Å²) >= 11 is 1.30. The molecule has 0 aromatic carbocycles. The van der Waals surface area contributed by atoms with E-state index in [1.807, 2.05) is 0 Å². The number of thioether (sulfide) groups is 1. The van der Waals surface area contributed by atoms with Gasteiger partial charge in [-0.1, -0.05) is 11.8 Å². The van der Waals surface area contributed by atoms with Crippen LogP contribution in [0, 0.1) is 6.92 Å². The van der Waals surface area contributed by atoms with Crippen molar-refractivity contribution >= 4 is 34.6 Å². The van der Waals surface area contributed by atoms with Crippen LogP contribution >= 0.6 is 11.8 Å². The maximum Gasteiger partial charge on any atom is 0.342 e. The molecule has 4 N–H and O–H groups in total. The lowest BCUT2D eigenvalue weighted by Gasteiger charge is -2.03. The van der Waals surface area contributed by atoms with Crippen LogP contribution in [-0.2, 0) is 10.5 Å². The number of furan rings is 1. The summed E-state index contributed by atoms with van der Waals surface area (Å²) in [5.74, 6) is 6.47. The first-order valence-electron chi connectivity index (χ1n) is 7.01. The van der Waals surface area contributed by atoms with Gasteiger partial charge < -0.3 is 20.7 Å². The Bertz CT molecular complexity index is 904. The quantitative estimate of drug-likeness (QED) is 0.386. The second-order valence-corrected chi connectivity index (χ2v) is 5.71. The molecular weight excluding hydrogens is 334 g/mol. The van der Waals surface area contributed by atoms with Crippen LogP contribution in [-0.4, -0.2) is 37.4 Å². The van der Waals surface area contributed by atoms with Crippen LogP contribution in [0.3, 0.4) is 0 Å². The van der Waals surface area contributed by atoms with Gasteiger partial charge in [-0.25, -0.2) is 14.5 Å². The molecule has 24 heavy (non-hydrogen) atoms. The molecule has 0 radical (unpaired) electrons. The molecule has 0 fully saturated rings. The topological polar surface area (TPSA) is 148 Å². The number of nitrogen functional groups attached to an aromatic ring is 2. The van der Waals surface area contributed by atoms with Crippen LogP contribution in [0.2, 0.25) is 0 Å². The molecule has 3 aromatic rings. The number of ether oxygens (including phenoxy) is 1. The van der Waals surface area contributed by atoms with E-state index in [0.717, 1.165) is 0 Å². The fourth-order valence-corrected chi connectivity index (χ4v) is 2.85. The zero-order chi connectivity index (χ0) is 17.3. The summed E-state index contributed by atoms with van der Waals surface area (Å²) in [6.07, 6.45) is 1.39. The standard InChI is InChI=1S/C13H15N7O3S/c1-3-22-12(21)8-6(2)23-11-9(8)10(14)17-7(18-11)4-24-13-19-16-5-20(13)15/h5H,3-4,15H2,1-2H3,(H2,14,17,18). The normalized spacial score (nSPS) is 11.1. The maximum atomic E-state index is 12.1. The lowest BCUT2D eigenvalue weighted by molar-refractivity contribution is 0.0526. The van der Waals surface area contributed by atoms with E-state index < -0.39 is 5.97 Å². The number of hydrogen-bond acceptors (Lipinski definition) is 10. The number of aromatic nitrogens is 5. The number of esters is 1. The third kappa shape index (κ3) is 2.85. The molecule has 0 aliphatic heterocycles. The van der Waals surface area contributed by atoms with Crippen LogP contribution in [0.4, 0.5) is 5.82 Å². The molecule has 0 unspecified atom stereocenters. The second-order valence-electron chi connectivity index (χ2n) is 4.77. The number of aryl methyl sites for hydroxylation is 1. The molecule has 11 heteroatoms. The highest BCUT2D eigenvalue weighted by molar-refractivity contribution is 7.98. The number of hydrogen-bond donors (Lipinski definition) is 2. The summed E-state index contributed by atoms with van der Waals surface area (Å²) in [6.45, 7) is 3.62. The molecule has 0 saturated carbocycles. The van der Waals surface area contributed by atoms with E-state index >= 15 is 0 Å². The van der Waals surface area contributed by atoms with Gasteiger partial charge in [0.1, 0.15) is 29.3 Å². The minimum atomic E-state index is -0.512. The minimum Gasteiger partial charge on any atom is -0.462 e. The van der Waals surface area contributed by atoms with Gasteiger partial charge in [-0.05, 0) is 13.8 Å². The van der Waals surface area contributed by atoms with E-state index in [1.165, 1.54) is 22.8 Å². The van der Waals surface area contributed by atoms with Gasteiger partial charge in [0.15, 0.2) is 0 Å². The summed E-state index contributed by atoms with van der Waals surface area (Å²) in [7, 11) is 0. The van der Waals surface area contributed by atoms with E-state index in [-0.39, 0.29) is 23.7 Å². The summed E-state index contributed by atoms with van der Waals surface area (Å²) < 4.78 is 11.9. The molecule has 0 spiro atoms. The molecule has 0 atom stereocenters. The Hall–Kier alpha value is -2.82. The van der Waals surface area contributed by atoms with Crippen molar-refractivity contribution < 1.29 is 13.9 Å². The summed E-state index contributed by atoms with van der Waals surface area (Å²) in [4.78, 5) is 20.6. The Morgan fingerprint density at radius 1 is 1.46 bits per heavy atom. The summed E-state index contributed by atoms with van der Waals surface area (Å²) in [6, 6.07) is 0. The lowest BCUT2D eigenvalue weighted by Crippen LogP contribution is -2.08. The SMILES string of the molecule is CCOC(=O)c1c(C)oc2nc(CSc3nncn3N)nc(N)c12. The maximum absolute atomic E-state index is 12.1. The third-order valence-corrected chi connectivity index (χ3v) is 4.11. The predicted molar refractivity (Wildman–Crippen MR) is 86.6 cm³/mol. The van der Waals surface area contributed by atoms with Crippen molar-refractivity contribution in [1.29, 1.82) is 0 Å². The number of carbonyl (C=O) groups is 1. The molecule has 10 nitrogen and oxygen atoms in total. The van der Waals surface area contributed by atoms with E-state index in [0.29, 0.717) is 27.9 Å². The van der Waals surface area contributed by atoms with Gasteiger partial charge in [-0.2, -0.15) is 4.98 Å². The Morgan fingerprint density at radius 2 is 2.25 bits per heavy atom. The highest BCUT2D eigenvalue weighted by Crippen LogP contribution is 2.30. The highest BCUT2D eigenvalue weighted by Gasteiger charge is 2.23. The van der Waals surface area contributed by atoms with Gasteiger partial charge in [-0.15, -0.1) is 10.2 Å². The third-order valence-electron chi connectivity index (χ3n) is 3.15. The fourth-order valence-electron chi connectivity index (χ4n) is 2.16. The van der Waals surface area contributed by atoms with Crippen LogP contribution in [0.15, 0.2) is 15.9 Å². The lowest BCUT2D eigenvalue weighted by atomic mass is 10.2. The largest absolute Gasteiger partial charge is 0.462 e. The van der Waals surface area contributed by atoms with Gasteiger partial charge in [0.25, 0.3) is 0 Å². The number of anilines is 1. The Balaban J connectivity index is 1.93. The predicted octanol–water partition coefficient (Wildman–Crippen LogP) is 0.888. The molecule has 0 aliphatic carbocycles. The van der Waals surface area contributed by atoms with Gasteiger partial charge in [0.2, 0.25) is 10.9 Å². The van der Waals surface area contributed by atoms with Crippen molar-refractivity contribution in [1.82, 2.24) is 24.8 Å². The molecule has 0 amide bonds. The average molecular weight is 349 g/mol. The van der Waals surface area contributed by atoms with Crippen molar-refractivity contribution in [2.75, 3.05) is 18.2 Å². The van der Waals surface area contributed by atoms with Gasteiger partial charge >= 0.3 is 5.97 Å². The fraction of sp³-hybridized carbons (Fsp3) is 0.308. The van der Waals surface area contributed by atoms with E-state index in [9.17, 15) is 4.79 Å². The van der Waals surface area contributed by atoms with Crippen LogP contribution in [0.25, 0.3) is 11.1 Å². The van der Waals surface area contributed by atoms with Crippen molar-refractivity contribution in [2.24, 2.45) is 0 Å². The molecule has 3 heterocycles. The molecular formula is C13H15N7O3S. The molecule has 3 aromatic heterocycles. The Kier molecular flexibility index (Phi) is 4.25. The molecule has 0 bridgehead atoms. The smallest absolute Gasteiger partial charge is 0.342 e. The van der Waals surface area contributed by atoms with Gasteiger partial charge in [0, 0.05) is 0 Å². The van der Waals surface area contributed by atoms with Crippen molar-refractivity contribution in [3.8, 4) is 0 Å². The van der Waals surface area contributed by atoms with Crippen LogP contribution < -0.4 is 11.6 Å². The first-order valence-corrected chi connectivity index (χ1v) is 8.00. The highest BCUT2D eigenvalue weighted by atomic mass is 32.2. The first kappa shape index (κ1) is 16.1. The Labute approximate surface area is 140 Å². The summed E-state index contributed by atoms with van der Waals surface area (Å²) in [5, 5.41) is 8.42. The van der Waals surface area contributed by atoms with E-state index in [1.54, 1.807) is 13.8 Å². The number of nitrogens with two attached hydrogens (primary N) is 2. The minimum absolute atomic E-state index is 0.157. The number of rotatable bonds is 5. The Morgan fingerprint density at radius 3 is 2.92 bits per heavy atom. The van der Waals surface area contributed by atoms with Crippen molar-refractivity contribution in [2.45, 2.75) is 24.8 Å². The number of carbonyl (C=O) groups excluding carboxylic acids is 1. The molecule has 0 aliphatic rings. The summed E-state index contributed by atoms with van der Waals surface area (Å²) in [5.41, 5.74) is 6.50. The average Bonchev–Trinajstić information content (AvgIpc) is 3.08. The van der Waals surface area contributed by atoms with Crippen molar-refractivity contribution in [3.63, 3.8) is 0 Å². The van der Waals surface area contributed by atoms with Crippen LogP contribution in [0.5, 0.6) is 0 Å². The number of nitrogens with zero attached hydrogens (tertiary/aromatic N) is 5. The van der Waals surface area contributed by atoms with Gasteiger partial charge in [0.05, 0.1) is 17.7 Å². The zero-order valence-electron chi connectivity index (χ0n) is 13.0. The van der Waals surface area contributed by atoms with Crippen molar-refractivity contribution in [3.05, 3.63) is 23.5 Å². The molecule has 0 saturated heterocycles. The van der Waals surface area contributed by atoms with Gasteiger partial charge in [-0.3, -0.25) is 0 Å². The van der Waals surface area contributed by atoms with Crippen LogP contribution in [0.1, 0.15) is 28.9 Å². The number of fused-ring (bicyclic) bond motifs is 1. The van der Waals surface area contributed by atoms with E-state index in [2.05, 4.69) is 20.2 Å². The van der Waals surface area contributed by atoms with E-state index in [4.69, 9.17) is 20.7 Å². The first-order chi connectivity index (χ1) is 11.5. The molecule has 3 rings (SSSR count). The second kappa shape index (κ2) is 6.35. The zero-order valence-corrected chi connectivity index (χ0v) is 13.8. The molecule has 126 valence electrons.